The lowest BCUT2D eigenvalue weighted by atomic mass is 10.1. The lowest BCUT2D eigenvalue weighted by molar-refractivity contribution is -0.0937. The maximum absolute atomic E-state index is 5.47. The molecule has 0 radical (unpaired) electrons. The van der Waals surface area contributed by atoms with Gasteiger partial charge in [0.1, 0.15) is 0 Å². The molecule has 0 aliphatic carbocycles. The summed E-state index contributed by atoms with van der Waals surface area (Å²) in [4.78, 5) is 13.3. The molecule has 0 atom stereocenters. The van der Waals surface area contributed by atoms with E-state index in [4.69, 9.17) is 21.7 Å². The number of hydrogen-bond acceptors (Lipinski definition) is 6. The molecule has 9 heteroatoms. The fraction of sp³-hybridized carbons (Fsp3) is 0.400. The van der Waals surface area contributed by atoms with Gasteiger partial charge in [-0.25, -0.2) is 15.0 Å². The van der Waals surface area contributed by atoms with E-state index in [2.05, 4.69) is 43.9 Å². The van der Waals surface area contributed by atoms with Crippen molar-refractivity contribution in [2.24, 2.45) is 4.99 Å². The molecule has 0 spiro atoms. The Balaban J connectivity index is 2.18. The molecule has 0 amide bonds. The van der Waals surface area contributed by atoms with Crippen molar-refractivity contribution < 1.29 is 9.47 Å². The predicted octanol–water partition coefficient (Wildman–Crippen LogP) is 3.08. The number of hydrogen-bond donors (Lipinski definition) is 3. The summed E-state index contributed by atoms with van der Waals surface area (Å²) in [6.07, 6.45) is -0.477. The Morgan fingerprint density at radius 3 is 2.34 bits per heavy atom. The molecule has 0 bridgehead atoms. The van der Waals surface area contributed by atoms with Crippen LogP contribution in [0.3, 0.4) is 0 Å². The molecule has 0 aliphatic heterocycles. The first-order chi connectivity index (χ1) is 13.8. The first kappa shape index (κ1) is 22.7. The number of aryl methyl sites for hydroxylation is 3. The van der Waals surface area contributed by atoms with Crippen molar-refractivity contribution in [2.45, 2.75) is 34.0 Å². The Labute approximate surface area is 177 Å². The lowest BCUT2D eigenvalue weighted by Crippen LogP contribution is -2.40. The minimum absolute atomic E-state index is 0.263. The van der Waals surface area contributed by atoms with Crippen LogP contribution in [-0.4, -0.2) is 48.1 Å². The molecule has 1 aromatic heterocycles. The molecule has 29 heavy (non-hydrogen) atoms. The number of aliphatic imine (C=N–C) groups is 1. The second kappa shape index (κ2) is 10.8. The summed E-state index contributed by atoms with van der Waals surface area (Å²) in [5.74, 6) is 0.812. The van der Waals surface area contributed by atoms with Crippen molar-refractivity contribution in [1.29, 1.82) is 0 Å². The van der Waals surface area contributed by atoms with Gasteiger partial charge in [-0.2, -0.15) is 0 Å². The Bertz CT molecular complexity index is 863. The van der Waals surface area contributed by atoms with Crippen molar-refractivity contribution in [3.63, 3.8) is 0 Å². The van der Waals surface area contributed by atoms with Gasteiger partial charge in [-0.3, -0.25) is 5.32 Å². The zero-order valence-electron chi connectivity index (χ0n) is 17.7. The number of aromatic nitrogens is 2. The molecule has 3 N–H and O–H groups in total. The van der Waals surface area contributed by atoms with Gasteiger partial charge in [-0.05, 0) is 63.2 Å². The Morgan fingerprint density at radius 2 is 1.72 bits per heavy atom. The number of nitrogens with zero attached hydrogens (tertiary/aromatic N) is 3. The van der Waals surface area contributed by atoms with E-state index in [1.165, 1.54) is 5.56 Å². The molecular weight excluding hydrogens is 388 g/mol. The third kappa shape index (κ3) is 7.04. The smallest absolute Gasteiger partial charge is 0.229 e. The van der Waals surface area contributed by atoms with Crippen LogP contribution in [0.25, 0.3) is 0 Å². The van der Waals surface area contributed by atoms with Crippen LogP contribution >= 0.6 is 12.2 Å². The zero-order chi connectivity index (χ0) is 21.4. The fourth-order valence-electron chi connectivity index (χ4n) is 2.56. The molecule has 0 fully saturated rings. The number of anilines is 2. The van der Waals surface area contributed by atoms with Crippen LogP contribution in [0.4, 0.5) is 11.6 Å². The maximum atomic E-state index is 5.47. The van der Waals surface area contributed by atoms with Crippen molar-refractivity contribution in [3.05, 3.63) is 46.8 Å². The van der Waals surface area contributed by atoms with Crippen LogP contribution in [0.5, 0.6) is 0 Å². The molecular formula is C20H28N6O2S. The zero-order valence-corrected chi connectivity index (χ0v) is 18.5. The molecule has 156 valence electrons. The fourth-order valence-corrected chi connectivity index (χ4v) is 2.76. The van der Waals surface area contributed by atoms with Gasteiger partial charge in [0.15, 0.2) is 11.4 Å². The Morgan fingerprint density at radius 1 is 1.07 bits per heavy atom. The van der Waals surface area contributed by atoms with Crippen molar-refractivity contribution >= 4 is 34.9 Å². The van der Waals surface area contributed by atoms with Crippen LogP contribution in [0, 0.1) is 27.7 Å². The minimum atomic E-state index is -0.477. The number of rotatable bonds is 6. The van der Waals surface area contributed by atoms with E-state index >= 15 is 0 Å². The van der Waals surface area contributed by atoms with Crippen molar-refractivity contribution in [1.82, 2.24) is 15.3 Å². The van der Waals surface area contributed by atoms with Crippen LogP contribution in [-0.2, 0) is 9.47 Å². The van der Waals surface area contributed by atoms with Crippen molar-refractivity contribution in [3.8, 4) is 0 Å². The summed E-state index contributed by atoms with van der Waals surface area (Å²) in [6, 6.07) is 7.90. The van der Waals surface area contributed by atoms with E-state index in [0.29, 0.717) is 17.0 Å². The highest BCUT2D eigenvalue weighted by molar-refractivity contribution is 7.80. The summed E-state index contributed by atoms with van der Waals surface area (Å²) >= 11 is 5.47. The first-order valence-electron chi connectivity index (χ1n) is 9.16. The van der Waals surface area contributed by atoms with Gasteiger partial charge in [-0.15, -0.1) is 0 Å². The number of guanidine groups is 1. The Kier molecular flexibility index (Phi) is 8.44. The van der Waals surface area contributed by atoms with E-state index in [9.17, 15) is 0 Å². The van der Waals surface area contributed by atoms with E-state index in [0.717, 1.165) is 22.6 Å². The second-order valence-corrected chi connectivity index (χ2v) is 6.92. The maximum Gasteiger partial charge on any atom is 0.229 e. The number of nitrogens with one attached hydrogen (secondary N) is 3. The highest BCUT2D eigenvalue weighted by Gasteiger charge is 2.10. The van der Waals surface area contributed by atoms with Crippen molar-refractivity contribution in [2.75, 3.05) is 31.4 Å². The van der Waals surface area contributed by atoms with Gasteiger partial charge in [-0.1, -0.05) is 12.1 Å². The SMILES string of the molecule is COC(CN=C(NC(=S)Nc1cccc(C)c1C)Nc1nc(C)cc(C)n1)OC. The van der Waals surface area contributed by atoms with Gasteiger partial charge in [0, 0.05) is 31.3 Å². The molecule has 0 saturated carbocycles. The van der Waals surface area contributed by atoms with Gasteiger partial charge in [0.2, 0.25) is 11.9 Å². The summed E-state index contributed by atoms with van der Waals surface area (Å²) in [5, 5.41) is 9.75. The highest BCUT2D eigenvalue weighted by atomic mass is 32.1. The van der Waals surface area contributed by atoms with Gasteiger partial charge < -0.3 is 20.1 Å². The highest BCUT2D eigenvalue weighted by Crippen LogP contribution is 2.17. The lowest BCUT2D eigenvalue weighted by Gasteiger charge is -2.17. The standard InChI is InChI=1S/C20H28N6O2S/c1-12-8-7-9-16(15(12)4)24-20(29)26-18(21-11-17(27-5)28-6)25-19-22-13(2)10-14(3)23-19/h7-10,17H,11H2,1-6H3,(H3,21,22,23,24,25,26,29). The average molecular weight is 417 g/mol. The summed E-state index contributed by atoms with van der Waals surface area (Å²) in [6.45, 7) is 8.17. The van der Waals surface area contributed by atoms with Crippen LogP contribution < -0.4 is 16.0 Å². The first-order valence-corrected chi connectivity index (χ1v) is 9.56. The minimum Gasteiger partial charge on any atom is -0.354 e. The number of thiocarbonyl (C=S) groups is 1. The molecule has 0 unspecified atom stereocenters. The molecule has 0 saturated heterocycles. The molecule has 8 nitrogen and oxygen atoms in total. The Hall–Kier alpha value is -2.62. The number of methoxy groups -OCH3 is 2. The van der Waals surface area contributed by atoms with Gasteiger partial charge in [0.25, 0.3) is 0 Å². The van der Waals surface area contributed by atoms with E-state index in [1.54, 1.807) is 14.2 Å². The summed E-state index contributed by atoms with van der Waals surface area (Å²) < 4.78 is 10.4. The molecule has 2 aromatic rings. The third-order valence-electron chi connectivity index (χ3n) is 4.22. The average Bonchev–Trinajstić information content (AvgIpc) is 2.65. The van der Waals surface area contributed by atoms with Crippen LogP contribution in [0.1, 0.15) is 22.5 Å². The van der Waals surface area contributed by atoms with E-state index in [-0.39, 0.29) is 6.54 Å². The summed E-state index contributed by atoms with van der Waals surface area (Å²) in [5.41, 5.74) is 4.93. The number of benzene rings is 1. The molecule has 1 aromatic carbocycles. The molecule has 2 rings (SSSR count). The van der Waals surface area contributed by atoms with Crippen LogP contribution in [0.2, 0.25) is 0 Å². The van der Waals surface area contributed by atoms with Gasteiger partial charge >= 0.3 is 0 Å². The molecule has 0 aliphatic rings. The monoisotopic (exact) mass is 416 g/mol. The van der Waals surface area contributed by atoms with Crippen LogP contribution in [0.15, 0.2) is 29.3 Å². The molecule has 1 heterocycles. The van der Waals surface area contributed by atoms with Gasteiger partial charge in [0.05, 0.1) is 6.54 Å². The third-order valence-corrected chi connectivity index (χ3v) is 4.43. The number of ether oxygens (including phenoxy) is 2. The predicted molar refractivity (Wildman–Crippen MR) is 121 cm³/mol. The topological polar surface area (TPSA) is 92.7 Å². The van der Waals surface area contributed by atoms with E-state index < -0.39 is 6.29 Å². The largest absolute Gasteiger partial charge is 0.354 e. The van der Waals surface area contributed by atoms with E-state index in [1.807, 2.05) is 39.0 Å². The normalized spacial score (nSPS) is 11.5. The second-order valence-electron chi connectivity index (χ2n) is 6.52. The quantitative estimate of drug-likeness (QED) is 0.286. The summed E-state index contributed by atoms with van der Waals surface area (Å²) in [7, 11) is 3.12.